The normalized spacial score (nSPS) is 17.6. The summed E-state index contributed by atoms with van der Waals surface area (Å²) in [5.74, 6) is 0.955. The summed E-state index contributed by atoms with van der Waals surface area (Å²) in [7, 11) is 0. The molecule has 1 rings (SSSR count). The Morgan fingerprint density at radius 3 is 2.20 bits per heavy atom. The van der Waals surface area contributed by atoms with E-state index in [4.69, 9.17) is 0 Å². The maximum Gasteiger partial charge on any atom is 0.191 e. The van der Waals surface area contributed by atoms with Gasteiger partial charge < -0.3 is 15.5 Å². The molecule has 0 spiro atoms. The van der Waals surface area contributed by atoms with Crippen molar-refractivity contribution in [3.8, 4) is 0 Å². The quantitative estimate of drug-likeness (QED) is 0.385. The van der Waals surface area contributed by atoms with Crippen LogP contribution in [-0.4, -0.2) is 74.7 Å². The molecule has 20 heavy (non-hydrogen) atoms. The Kier molecular flexibility index (Phi) is 12.6. The molecule has 5 nitrogen and oxygen atoms in total. The first-order valence-corrected chi connectivity index (χ1v) is 7.77. The second-order valence-electron chi connectivity index (χ2n) is 4.96. The van der Waals surface area contributed by atoms with Crippen LogP contribution in [0.15, 0.2) is 4.99 Å². The van der Waals surface area contributed by atoms with Gasteiger partial charge in [-0.1, -0.05) is 13.8 Å². The Labute approximate surface area is 141 Å². The standard InChI is InChI=1S/C14H31N5.HI/c1-4-7-16-14(15-5-2)17-8-9-19-12-10-18(6-3)11-13-19;/h4-13H2,1-3H3,(H2,15,16,17);1H. The topological polar surface area (TPSA) is 42.9 Å². The van der Waals surface area contributed by atoms with Gasteiger partial charge >= 0.3 is 0 Å². The Morgan fingerprint density at radius 1 is 1.00 bits per heavy atom. The van der Waals surface area contributed by atoms with Crippen LogP contribution in [-0.2, 0) is 0 Å². The lowest BCUT2D eigenvalue weighted by Gasteiger charge is -2.34. The zero-order valence-corrected chi connectivity index (χ0v) is 15.7. The fraction of sp³-hybridized carbons (Fsp3) is 0.929. The molecule has 1 fully saturated rings. The van der Waals surface area contributed by atoms with Gasteiger partial charge in [-0.2, -0.15) is 0 Å². The third kappa shape index (κ3) is 8.26. The molecule has 1 heterocycles. The van der Waals surface area contributed by atoms with E-state index >= 15 is 0 Å². The molecule has 0 aromatic rings. The van der Waals surface area contributed by atoms with Crippen LogP contribution in [0.2, 0.25) is 0 Å². The van der Waals surface area contributed by atoms with Gasteiger partial charge in [0, 0.05) is 52.4 Å². The summed E-state index contributed by atoms with van der Waals surface area (Å²) >= 11 is 0. The molecule has 0 aromatic carbocycles. The Bertz CT molecular complexity index is 252. The molecule has 1 saturated heterocycles. The van der Waals surface area contributed by atoms with Gasteiger partial charge in [-0.3, -0.25) is 9.89 Å². The largest absolute Gasteiger partial charge is 0.357 e. The van der Waals surface area contributed by atoms with E-state index in [1.54, 1.807) is 0 Å². The molecule has 0 aromatic heterocycles. The summed E-state index contributed by atoms with van der Waals surface area (Å²) in [5.41, 5.74) is 0. The van der Waals surface area contributed by atoms with Crippen LogP contribution in [0.1, 0.15) is 27.2 Å². The van der Waals surface area contributed by atoms with E-state index in [2.05, 4.69) is 46.2 Å². The highest BCUT2D eigenvalue weighted by Gasteiger charge is 2.14. The number of halogens is 1. The number of nitrogens with zero attached hydrogens (tertiary/aromatic N) is 3. The summed E-state index contributed by atoms with van der Waals surface area (Å²) in [4.78, 5) is 9.55. The number of rotatable bonds is 7. The van der Waals surface area contributed by atoms with Crippen LogP contribution >= 0.6 is 24.0 Å². The van der Waals surface area contributed by atoms with Gasteiger partial charge in [-0.25, -0.2) is 0 Å². The molecule has 120 valence electrons. The van der Waals surface area contributed by atoms with Gasteiger partial charge in [-0.15, -0.1) is 24.0 Å². The first-order chi connectivity index (χ1) is 9.30. The van der Waals surface area contributed by atoms with Crippen molar-refractivity contribution >= 4 is 29.9 Å². The van der Waals surface area contributed by atoms with Crippen molar-refractivity contribution in [1.82, 2.24) is 20.4 Å². The first-order valence-electron chi connectivity index (χ1n) is 7.77. The highest BCUT2D eigenvalue weighted by Crippen LogP contribution is 1.99. The summed E-state index contributed by atoms with van der Waals surface area (Å²) in [6.07, 6.45) is 1.09. The highest BCUT2D eigenvalue weighted by atomic mass is 127. The average molecular weight is 397 g/mol. The summed E-state index contributed by atoms with van der Waals surface area (Å²) in [6.45, 7) is 16.4. The number of hydrogen-bond acceptors (Lipinski definition) is 3. The summed E-state index contributed by atoms with van der Waals surface area (Å²) < 4.78 is 0. The van der Waals surface area contributed by atoms with Crippen molar-refractivity contribution in [2.75, 3.05) is 58.9 Å². The van der Waals surface area contributed by atoms with Crippen LogP contribution in [0, 0.1) is 0 Å². The zero-order valence-electron chi connectivity index (χ0n) is 13.3. The van der Waals surface area contributed by atoms with Gasteiger partial charge in [0.1, 0.15) is 0 Å². The van der Waals surface area contributed by atoms with E-state index in [9.17, 15) is 0 Å². The van der Waals surface area contributed by atoms with Crippen LogP contribution in [0.5, 0.6) is 0 Å². The molecule has 0 amide bonds. The predicted octanol–water partition coefficient (Wildman–Crippen LogP) is 1.21. The van der Waals surface area contributed by atoms with E-state index in [0.717, 1.165) is 38.6 Å². The van der Waals surface area contributed by atoms with Crippen molar-refractivity contribution in [2.45, 2.75) is 27.2 Å². The monoisotopic (exact) mass is 397 g/mol. The van der Waals surface area contributed by atoms with E-state index < -0.39 is 0 Å². The molecule has 0 radical (unpaired) electrons. The van der Waals surface area contributed by atoms with Gasteiger partial charge in [-0.05, 0) is 19.9 Å². The van der Waals surface area contributed by atoms with Gasteiger partial charge in [0.25, 0.3) is 0 Å². The zero-order chi connectivity index (χ0) is 13.9. The molecule has 0 atom stereocenters. The van der Waals surface area contributed by atoms with Crippen LogP contribution in [0.25, 0.3) is 0 Å². The average Bonchev–Trinajstić information content (AvgIpc) is 2.45. The van der Waals surface area contributed by atoms with Crippen molar-refractivity contribution in [1.29, 1.82) is 0 Å². The van der Waals surface area contributed by atoms with E-state index in [0.29, 0.717) is 0 Å². The van der Waals surface area contributed by atoms with Crippen molar-refractivity contribution in [3.63, 3.8) is 0 Å². The van der Waals surface area contributed by atoms with Crippen molar-refractivity contribution in [2.24, 2.45) is 4.99 Å². The maximum atomic E-state index is 4.51. The smallest absolute Gasteiger partial charge is 0.191 e. The molecule has 0 unspecified atom stereocenters. The second-order valence-corrected chi connectivity index (χ2v) is 4.96. The minimum Gasteiger partial charge on any atom is -0.357 e. The SMILES string of the molecule is CCCN=C(NCC)NCCN1CCN(CC)CC1.I. The lowest BCUT2D eigenvalue weighted by molar-refractivity contribution is 0.139. The lowest BCUT2D eigenvalue weighted by atomic mass is 10.3. The fourth-order valence-electron chi connectivity index (χ4n) is 2.23. The molecule has 0 bridgehead atoms. The summed E-state index contributed by atoms with van der Waals surface area (Å²) in [6, 6.07) is 0. The van der Waals surface area contributed by atoms with Gasteiger partial charge in [0.05, 0.1) is 0 Å². The maximum absolute atomic E-state index is 4.51. The van der Waals surface area contributed by atoms with E-state index in [1.165, 1.54) is 32.7 Å². The predicted molar refractivity (Wildman–Crippen MR) is 98.2 cm³/mol. The minimum absolute atomic E-state index is 0. The van der Waals surface area contributed by atoms with Gasteiger partial charge in [0.2, 0.25) is 0 Å². The molecule has 2 N–H and O–H groups in total. The first kappa shape index (κ1) is 19.9. The Morgan fingerprint density at radius 2 is 1.65 bits per heavy atom. The van der Waals surface area contributed by atoms with Crippen LogP contribution in [0.3, 0.4) is 0 Å². The molecular weight excluding hydrogens is 365 g/mol. The third-order valence-electron chi connectivity index (χ3n) is 3.47. The van der Waals surface area contributed by atoms with E-state index in [1.807, 2.05) is 0 Å². The van der Waals surface area contributed by atoms with Crippen molar-refractivity contribution in [3.05, 3.63) is 0 Å². The Balaban J connectivity index is 0.00000361. The van der Waals surface area contributed by atoms with Crippen molar-refractivity contribution < 1.29 is 0 Å². The van der Waals surface area contributed by atoms with Crippen LogP contribution < -0.4 is 10.6 Å². The molecule has 1 aliphatic rings. The number of guanidine groups is 1. The third-order valence-corrected chi connectivity index (χ3v) is 3.47. The van der Waals surface area contributed by atoms with Gasteiger partial charge in [0.15, 0.2) is 5.96 Å². The summed E-state index contributed by atoms with van der Waals surface area (Å²) in [5, 5.41) is 6.70. The number of nitrogens with one attached hydrogen (secondary N) is 2. The minimum atomic E-state index is 0. The second kappa shape index (κ2) is 12.6. The Hall–Kier alpha value is -0.0800. The fourth-order valence-corrected chi connectivity index (χ4v) is 2.23. The molecule has 1 aliphatic heterocycles. The number of hydrogen-bond donors (Lipinski definition) is 2. The molecule has 6 heteroatoms. The van der Waals surface area contributed by atoms with E-state index in [-0.39, 0.29) is 24.0 Å². The molecule has 0 aliphatic carbocycles. The number of piperazine rings is 1. The number of likely N-dealkylation sites (N-methyl/N-ethyl adjacent to an activating group) is 1. The number of aliphatic imine (C=N–C) groups is 1. The molecular formula is C14H32IN5. The highest BCUT2D eigenvalue weighted by molar-refractivity contribution is 14.0. The molecule has 0 saturated carbocycles. The lowest BCUT2D eigenvalue weighted by Crippen LogP contribution is -2.49. The van der Waals surface area contributed by atoms with Crippen LogP contribution in [0.4, 0.5) is 0 Å².